The van der Waals surface area contributed by atoms with Gasteiger partial charge in [0.2, 0.25) is 5.91 Å². The van der Waals surface area contributed by atoms with E-state index in [9.17, 15) is 4.79 Å². The molecule has 14 heavy (non-hydrogen) atoms. The van der Waals surface area contributed by atoms with Gasteiger partial charge in [0.15, 0.2) is 0 Å². The number of hydrogen-bond donors (Lipinski definition) is 2. The van der Waals surface area contributed by atoms with Crippen molar-refractivity contribution in [3.05, 3.63) is 0 Å². The summed E-state index contributed by atoms with van der Waals surface area (Å²) >= 11 is 0. The summed E-state index contributed by atoms with van der Waals surface area (Å²) in [6, 6.07) is 0. The van der Waals surface area contributed by atoms with E-state index in [1.165, 1.54) is 0 Å². The number of nitrogens with one attached hydrogen (secondary N) is 1. The number of carbonyl (C=O) groups is 1. The number of likely N-dealkylation sites (tertiary alicyclic amines) is 1. The van der Waals surface area contributed by atoms with E-state index in [1.54, 1.807) is 0 Å². The summed E-state index contributed by atoms with van der Waals surface area (Å²) in [5, 5.41) is 2.88. The topological polar surface area (TPSA) is 58.4 Å². The van der Waals surface area contributed by atoms with Crippen molar-refractivity contribution in [2.45, 2.75) is 19.8 Å². The largest absolute Gasteiger partial charge is 0.356 e. The summed E-state index contributed by atoms with van der Waals surface area (Å²) in [5.41, 5.74) is 5.50. The van der Waals surface area contributed by atoms with Gasteiger partial charge >= 0.3 is 0 Å². The van der Waals surface area contributed by atoms with Crippen molar-refractivity contribution < 1.29 is 4.79 Å². The first-order chi connectivity index (χ1) is 6.77. The number of nitrogens with zero attached hydrogens (tertiary/aromatic N) is 1. The second-order valence-electron chi connectivity index (χ2n) is 3.82. The van der Waals surface area contributed by atoms with Crippen molar-refractivity contribution in [3.63, 3.8) is 0 Å². The Morgan fingerprint density at radius 1 is 1.64 bits per heavy atom. The first kappa shape index (κ1) is 11.5. The summed E-state index contributed by atoms with van der Waals surface area (Å²) in [4.78, 5) is 13.9. The minimum absolute atomic E-state index is 0.176. The van der Waals surface area contributed by atoms with Crippen molar-refractivity contribution in [2.75, 3.05) is 32.7 Å². The number of hydrogen-bond acceptors (Lipinski definition) is 3. The molecule has 0 aromatic rings. The van der Waals surface area contributed by atoms with Crippen LogP contribution in [0.25, 0.3) is 0 Å². The van der Waals surface area contributed by atoms with Crippen molar-refractivity contribution in [3.8, 4) is 0 Å². The highest BCUT2D eigenvalue weighted by atomic mass is 16.1. The third kappa shape index (κ3) is 3.27. The third-order valence-corrected chi connectivity index (χ3v) is 2.67. The summed E-state index contributed by atoms with van der Waals surface area (Å²) < 4.78 is 0. The van der Waals surface area contributed by atoms with Gasteiger partial charge in [-0.3, -0.25) is 4.79 Å². The maximum atomic E-state index is 11.6. The molecule has 82 valence electrons. The van der Waals surface area contributed by atoms with E-state index < -0.39 is 0 Å². The molecule has 0 aliphatic carbocycles. The SMILES string of the molecule is CCNC(=O)C1CCCN(CCN)C1. The lowest BCUT2D eigenvalue weighted by molar-refractivity contribution is -0.126. The van der Waals surface area contributed by atoms with Gasteiger partial charge in [-0.25, -0.2) is 0 Å². The fourth-order valence-electron chi connectivity index (χ4n) is 1.97. The van der Waals surface area contributed by atoms with E-state index >= 15 is 0 Å². The normalized spacial score (nSPS) is 23.4. The van der Waals surface area contributed by atoms with Gasteiger partial charge in [0, 0.05) is 26.2 Å². The number of nitrogens with two attached hydrogens (primary N) is 1. The third-order valence-electron chi connectivity index (χ3n) is 2.67. The van der Waals surface area contributed by atoms with Crippen LogP contribution in [0, 0.1) is 5.92 Å². The molecule has 0 aromatic heterocycles. The molecule has 1 fully saturated rings. The van der Waals surface area contributed by atoms with E-state index in [0.29, 0.717) is 6.54 Å². The highest BCUT2D eigenvalue weighted by Gasteiger charge is 2.24. The van der Waals surface area contributed by atoms with Crippen molar-refractivity contribution in [2.24, 2.45) is 11.7 Å². The molecule has 1 atom stereocenters. The Hall–Kier alpha value is -0.610. The minimum atomic E-state index is 0.176. The highest BCUT2D eigenvalue weighted by molar-refractivity contribution is 5.78. The molecule has 1 aliphatic rings. The number of rotatable bonds is 4. The zero-order chi connectivity index (χ0) is 10.4. The molecule has 0 bridgehead atoms. The van der Waals surface area contributed by atoms with Crippen LogP contribution < -0.4 is 11.1 Å². The van der Waals surface area contributed by atoms with Gasteiger partial charge in [-0.15, -0.1) is 0 Å². The molecule has 0 saturated carbocycles. The van der Waals surface area contributed by atoms with Crippen LogP contribution in [0.5, 0.6) is 0 Å². The lowest BCUT2D eigenvalue weighted by Gasteiger charge is -2.31. The number of carbonyl (C=O) groups excluding carboxylic acids is 1. The quantitative estimate of drug-likeness (QED) is 0.659. The maximum Gasteiger partial charge on any atom is 0.224 e. The molecular weight excluding hydrogens is 178 g/mol. The van der Waals surface area contributed by atoms with Crippen LogP contribution >= 0.6 is 0 Å². The molecule has 1 heterocycles. The fourth-order valence-corrected chi connectivity index (χ4v) is 1.97. The van der Waals surface area contributed by atoms with Crippen molar-refractivity contribution in [1.82, 2.24) is 10.2 Å². The van der Waals surface area contributed by atoms with Gasteiger partial charge in [-0.2, -0.15) is 0 Å². The molecule has 1 amide bonds. The molecule has 4 heteroatoms. The second-order valence-corrected chi connectivity index (χ2v) is 3.82. The Kier molecular flexibility index (Phi) is 4.90. The van der Waals surface area contributed by atoms with Crippen LogP contribution in [-0.2, 0) is 4.79 Å². The molecular formula is C10H21N3O. The van der Waals surface area contributed by atoms with Crippen LogP contribution in [0.1, 0.15) is 19.8 Å². The second kappa shape index (κ2) is 5.98. The number of piperidine rings is 1. The Morgan fingerprint density at radius 3 is 3.07 bits per heavy atom. The van der Waals surface area contributed by atoms with Crippen molar-refractivity contribution in [1.29, 1.82) is 0 Å². The van der Waals surface area contributed by atoms with E-state index in [0.717, 1.165) is 39.0 Å². The first-order valence-electron chi connectivity index (χ1n) is 5.48. The average Bonchev–Trinajstić information content (AvgIpc) is 2.19. The zero-order valence-electron chi connectivity index (χ0n) is 8.96. The predicted octanol–water partition coefficient (Wildman–Crippen LogP) is -0.207. The van der Waals surface area contributed by atoms with Gasteiger partial charge in [-0.05, 0) is 26.3 Å². The molecule has 4 nitrogen and oxygen atoms in total. The maximum absolute atomic E-state index is 11.6. The monoisotopic (exact) mass is 199 g/mol. The zero-order valence-corrected chi connectivity index (χ0v) is 8.96. The van der Waals surface area contributed by atoms with E-state index in [4.69, 9.17) is 5.73 Å². The average molecular weight is 199 g/mol. The summed E-state index contributed by atoms with van der Waals surface area (Å²) in [7, 11) is 0. The highest BCUT2D eigenvalue weighted by Crippen LogP contribution is 2.15. The van der Waals surface area contributed by atoms with E-state index in [1.807, 2.05) is 6.92 Å². The summed E-state index contributed by atoms with van der Waals surface area (Å²) in [6.45, 7) is 6.25. The van der Waals surface area contributed by atoms with Crippen LogP contribution in [0.3, 0.4) is 0 Å². The van der Waals surface area contributed by atoms with E-state index in [2.05, 4.69) is 10.2 Å². The predicted molar refractivity (Wildman–Crippen MR) is 56.9 cm³/mol. The molecule has 1 unspecified atom stereocenters. The molecule has 0 aromatic carbocycles. The molecule has 1 rings (SSSR count). The Bertz CT molecular complexity index is 182. The lowest BCUT2D eigenvalue weighted by Crippen LogP contribution is -2.44. The Morgan fingerprint density at radius 2 is 2.43 bits per heavy atom. The minimum Gasteiger partial charge on any atom is -0.356 e. The van der Waals surface area contributed by atoms with Crippen LogP contribution in [0.15, 0.2) is 0 Å². The van der Waals surface area contributed by atoms with Gasteiger partial charge in [0.25, 0.3) is 0 Å². The summed E-state index contributed by atoms with van der Waals surface area (Å²) in [5.74, 6) is 0.379. The van der Waals surface area contributed by atoms with Gasteiger partial charge in [0.05, 0.1) is 5.92 Å². The van der Waals surface area contributed by atoms with Crippen LogP contribution in [0.4, 0.5) is 0 Å². The smallest absolute Gasteiger partial charge is 0.224 e. The lowest BCUT2D eigenvalue weighted by atomic mass is 9.97. The first-order valence-corrected chi connectivity index (χ1v) is 5.48. The van der Waals surface area contributed by atoms with Gasteiger partial charge in [-0.1, -0.05) is 0 Å². The molecule has 1 saturated heterocycles. The summed E-state index contributed by atoms with van der Waals surface area (Å²) in [6.07, 6.45) is 2.13. The Labute approximate surface area is 85.8 Å². The van der Waals surface area contributed by atoms with Gasteiger partial charge in [0.1, 0.15) is 0 Å². The van der Waals surface area contributed by atoms with Crippen LogP contribution in [0.2, 0.25) is 0 Å². The fraction of sp³-hybridized carbons (Fsp3) is 0.900. The van der Waals surface area contributed by atoms with Crippen molar-refractivity contribution >= 4 is 5.91 Å². The van der Waals surface area contributed by atoms with Gasteiger partial charge < -0.3 is 16.0 Å². The number of amides is 1. The Balaban J connectivity index is 2.35. The van der Waals surface area contributed by atoms with Crippen LogP contribution in [-0.4, -0.2) is 43.5 Å². The molecule has 1 aliphatic heterocycles. The van der Waals surface area contributed by atoms with E-state index in [-0.39, 0.29) is 11.8 Å². The molecule has 0 radical (unpaired) electrons. The molecule has 0 spiro atoms. The standard InChI is InChI=1S/C10H21N3O/c1-2-12-10(14)9-4-3-6-13(8-9)7-5-11/h9H,2-8,11H2,1H3,(H,12,14). The molecule has 3 N–H and O–H groups in total.